The quantitative estimate of drug-likeness (QED) is 0.523. The molecule has 0 aliphatic heterocycles. The minimum absolute atomic E-state index is 0.0271. The van der Waals surface area contributed by atoms with Gasteiger partial charge in [-0.05, 0) is 23.3 Å². The Morgan fingerprint density at radius 2 is 1.96 bits per heavy atom. The highest BCUT2D eigenvalue weighted by Gasteiger charge is 2.14. The molecule has 0 unspecified atom stereocenters. The molecule has 3 rings (SSSR count). The summed E-state index contributed by atoms with van der Waals surface area (Å²) in [6.45, 7) is 0. The van der Waals surface area contributed by atoms with Crippen molar-refractivity contribution in [3.05, 3.63) is 69.4 Å². The van der Waals surface area contributed by atoms with Gasteiger partial charge in [-0.25, -0.2) is 0 Å². The number of benzene rings is 2. The van der Waals surface area contributed by atoms with Gasteiger partial charge >= 0.3 is 0 Å². The lowest BCUT2D eigenvalue weighted by molar-refractivity contribution is -0.384. The molecule has 0 amide bonds. The van der Waals surface area contributed by atoms with Gasteiger partial charge in [-0.15, -0.1) is 0 Å². The zero-order chi connectivity index (χ0) is 18.1. The van der Waals surface area contributed by atoms with E-state index in [4.69, 9.17) is 4.74 Å². The summed E-state index contributed by atoms with van der Waals surface area (Å²) in [6, 6.07) is 9.28. The predicted molar refractivity (Wildman–Crippen MR) is 89.7 cm³/mol. The number of rotatable bonds is 5. The Labute approximate surface area is 143 Å². The number of aryl methyl sites for hydroxylation is 1. The van der Waals surface area contributed by atoms with E-state index in [1.165, 1.54) is 25.3 Å². The Balaban J connectivity index is 2.07. The van der Waals surface area contributed by atoms with Crippen LogP contribution in [0, 0.1) is 10.1 Å². The van der Waals surface area contributed by atoms with E-state index >= 15 is 0 Å². The van der Waals surface area contributed by atoms with Crippen LogP contribution in [0.25, 0.3) is 10.9 Å². The summed E-state index contributed by atoms with van der Waals surface area (Å²) in [5, 5.41) is 22.8. The van der Waals surface area contributed by atoms with Crippen LogP contribution in [0.4, 0.5) is 5.69 Å². The number of fused-ring (bicyclic) bond motifs is 1. The molecule has 0 N–H and O–H groups in total. The van der Waals surface area contributed by atoms with E-state index in [-0.39, 0.29) is 11.3 Å². The number of aromatic carboxylic acids is 1. The molecule has 0 aliphatic rings. The third-order valence-electron chi connectivity index (χ3n) is 4.17. The van der Waals surface area contributed by atoms with Crippen molar-refractivity contribution in [3.8, 4) is 5.75 Å². The van der Waals surface area contributed by atoms with Crippen molar-refractivity contribution in [2.24, 2.45) is 7.05 Å². The summed E-state index contributed by atoms with van der Waals surface area (Å²) in [6.07, 6.45) is 2.36. The fraction of sp³-hybridized carbons (Fsp3) is 0.167. The Morgan fingerprint density at radius 3 is 2.60 bits per heavy atom. The van der Waals surface area contributed by atoms with Crippen molar-refractivity contribution in [1.82, 2.24) is 4.57 Å². The monoisotopic (exact) mass is 339 g/mol. The first-order chi connectivity index (χ1) is 11.9. The van der Waals surface area contributed by atoms with Gasteiger partial charge in [-0.2, -0.15) is 0 Å². The third kappa shape index (κ3) is 3.03. The van der Waals surface area contributed by atoms with Gasteiger partial charge in [0.1, 0.15) is 5.75 Å². The normalized spacial score (nSPS) is 10.8. The average Bonchev–Trinajstić information content (AvgIpc) is 2.90. The number of nitro groups is 1. The van der Waals surface area contributed by atoms with Gasteiger partial charge in [0.25, 0.3) is 5.69 Å². The van der Waals surface area contributed by atoms with Gasteiger partial charge in [0, 0.05) is 48.3 Å². The van der Waals surface area contributed by atoms with Crippen LogP contribution in [-0.2, 0) is 13.5 Å². The molecule has 7 nitrogen and oxygen atoms in total. The van der Waals surface area contributed by atoms with Crippen LogP contribution >= 0.6 is 0 Å². The Bertz CT molecular complexity index is 991. The molecule has 0 radical (unpaired) electrons. The summed E-state index contributed by atoms with van der Waals surface area (Å²) < 4.78 is 7.18. The van der Waals surface area contributed by atoms with E-state index in [1.807, 2.05) is 17.8 Å². The number of hydrogen-bond acceptors (Lipinski definition) is 5. The van der Waals surface area contributed by atoms with Gasteiger partial charge in [0.15, 0.2) is 0 Å². The van der Waals surface area contributed by atoms with Gasteiger partial charge in [0.05, 0.1) is 18.0 Å². The van der Waals surface area contributed by atoms with E-state index in [2.05, 4.69) is 0 Å². The molecular formula is C18H15N2O5-. The summed E-state index contributed by atoms with van der Waals surface area (Å²) >= 11 is 0. The zero-order valence-electron chi connectivity index (χ0n) is 13.7. The van der Waals surface area contributed by atoms with Crippen LogP contribution in [0.15, 0.2) is 42.6 Å². The van der Waals surface area contributed by atoms with Crippen LogP contribution in [-0.4, -0.2) is 22.6 Å². The Kier molecular flexibility index (Phi) is 4.14. The molecule has 2 aromatic carbocycles. The molecule has 0 bridgehead atoms. The standard InChI is InChI=1S/C18H16N2O5/c1-19-10-13(15-9-14(20(23)24)5-6-16(15)19)7-11-3-4-12(18(21)22)8-17(11)25-2/h3-6,8-10H,7H2,1-2H3,(H,21,22)/p-1. The summed E-state index contributed by atoms with van der Waals surface area (Å²) in [5.74, 6) is -0.838. The molecule has 0 saturated carbocycles. The Morgan fingerprint density at radius 1 is 1.20 bits per heavy atom. The Hall–Kier alpha value is -3.35. The van der Waals surface area contributed by atoms with Gasteiger partial charge in [-0.1, -0.05) is 12.1 Å². The second-order valence-electron chi connectivity index (χ2n) is 5.71. The summed E-state index contributed by atoms with van der Waals surface area (Å²) in [5.41, 5.74) is 2.62. The lowest BCUT2D eigenvalue weighted by Gasteiger charge is -2.11. The molecule has 0 spiro atoms. The number of hydrogen-bond donors (Lipinski definition) is 0. The van der Waals surface area contributed by atoms with Gasteiger partial charge < -0.3 is 19.2 Å². The van der Waals surface area contributed by atoms with Crippen molar-refractivity contribution in [2.75, 3.05) is 7.11 Å². The molecule has 0 aliphatic carbocycles. The summed E-state index contributed by atoms with van der Waals surface area (Å²) in [7, 11) is 3.33. The van der Waals surface area contributed by atoms with Crippen molar-refractivity contribution in [1.29, 1.82) is 0 Å². The van der Waals surface area contributed by atoms with Crippen LogP contribution < -0.4 is 9.84 Å². The number of non-ortho nitro benzene ring substituents is 1. The van der Waals surface area contributed by atoms with Crippen LogP contribution in [0.5, 0.6) is 5.75 Å². The molecule has 0 saturated heterocycles. The first kappa shape index (κ1) is 16.5. The number of carbonyl (C=O) groups is 1. The zero-order valence-corrected chi connectivity index (χ0v) is 13.7. The SMILES string of the molecule is COc1cc(C(=O)[O-])ccc1Cc1cn(C)c2ccc([N+](=O)[O-])cc12. The molecule has 128 valence electrons. The molecule has 25 heavy (non-hydrogen) atoms. The van der Waals surface area contributed by atoms with Crippen molar-refractivity contribution in [3.63, 3.8) is 0 Å². The number of aromatic nitrogens is 1. The van der Waals surface area contributed by atoms with Crippen molar-refractivity contribution in [2.45, 2.75) is 6.42 Å². The molecule has 0 atom stereocenters. The second kappa shape index (κ2) is 6.27. The lowest BCUT2D eigenvalue weighted by atomic mass is 10.0. The van der Waals surface area contributed by atoms with Gasteiger partial charge in [0.2, 0.25) is 0 Å². The topological polar surface area (TPSA) is 97.4 Å². The molecule has 0 fully saturated rings. The average molecular weight is 339 g/mol. The van der Waals surface area contributed by atoms with Crippen LogP contribution in [0.3, 0.4) is 0 Å². The predicted octanol–water partition coefficient (Wildman–Crippen LogP) is 2.05. The maximum Gasteiger partial charge on any atom is 0.270 e. The highest BCUT2D eigenvalue weighted by atomic mass is 16.6. The van der Waals surface area contributed by atoms with Crippen LogP contribution in [0.1, 0.15) is 21.5 Å². The molecule has 1 heterocycles. The van der Waals surface area contributed by atoms with Crippen LogP contribution in [0.2, 0.25) is 0 Å². The first-order valence-corrected chi connectivity index (χ1v) is 7.51. The first-order valence-electron chi connectivity index (χ1n) is 7.51. The highest BCUT2D eigenvalue weighted by Crippen LogP contribution is 2.30. The third-order valence-corrected chi connectivity index (χ3v) is 4.17. The number of carboxylic acid groups (broad SMARTS) is 1. The maximum absolute atomic E-state index is 11.0. The van der Waals surface area contributed by atoms with Crippen molar-refractivity contribution < 1.29 is 19.6 Å². The van der Waals surface area contributed by atoms with E-state index in [0.717, 1.165) is 22.0 Å². The second-order valence-corrected chi connectivity index (χ2v) is 5.71. The number of nitro benzene ring substituents is 1. The number of nitrogens with zero attached hydrogens (tertiary/aromatic N) is 2. The summed E-state index contributed by atoms with van der Waals surface area (Å²) in [4.78, 5) is 21.6. The molecular weight excluding hydrogens is 324 g/mol. The van der Waals surface area contributed by atoms with E-state index < -0.39 is 10.9 Å². The number of methoxy groups -OCH3 is 1. The van der Waals surface area contributed by atoms with E-state index in [0.29, 0.717) is 12.2 Å². The molecule has 7 heteroatoms. The number of ether oxygens (including phenoxy) is 1. The molecule has 3 aromatic rings. The largest absolute Gasteiger partial charge is 0.545 e. The van der Waals surface area contributed by atoms with Crippen molar-refractivity contribution >= 4 is 22.6 Å². The number of carboxylic acids is 1. The minimum Gasteiger partial charge on any atom is -0.545 e. The number of carbonyl (C=O) groups excluding carboxylic acids is 1. The highest BCUT2D eigenvalue weighted by molar-refractivity contribution is 5.87. The fourth-order valence-electron chi connectivity index (χ4n) is 2.94. The lowest BCUT2D eigenvalue weighted by Crippen LogP contribution is -2.22. The van der Waals surface area contributed by atoms with E-state index in [9.17, 15) is 20.0 Å². The minimum atomic E-state index is -1.27. The molecule has 1 aromatic heterocycles. The maximum atomic E-state index is 11.0. The van der Waals surface area contributed by atoms with E-state index in [1.54, 1.807) is 18.2 Å². The smallest absolute Gasteiger partial charge is 0.270 e. The van der Waals surface area contributed by atoms with Gasteiger partial charge in [-0.3, -0.25) is 10.1 Å². The fourth-order valence-corrected chi connectivity index (χ4v) is 2.94.